The van der Waals surface area contributed by atoms with E-state index in [2.05, 4.69) is 0 Å². The first kappa shape index (κ1) is 14.8. The standard InChI is InChI=1S/C13H24N2O3/c1-5-13(11(16)17)7-8-14(9-13)12(18)15(6-2)10(3)4/h10H,5-9H2,1-4H3,(H,16,17). The highest BCUT2D eigenvalue weighted by atomic mass is 16.4. The Bertz CT molecular complexity index is 330. The number of urea groups is 1. The summed E-state index contributed by atoms with van der Waals surface area (Å²) >= 11 is 0. The highest BCUT2D eigenvalue weighted by molar-refractivity contribution is 5.80. The molecule has 5 heteroatoms. The predicted octanol–water partition coefficient (Wildman–Crippen LogP) is 2.02. The summed E-state index contributed by atoms with van der Waals surface area (Å²) in [5, 5.41) is 9.32. The van der Waals surface area contributed by atoms with E-state index in [9.17, 15) is 14.7 Å². The molecule has 1 aliphatic heterocycles. The lowest BCUT2D eigenvalue weighted by Gasteiger charge is -2.31. The van der Waals surface area contributed by atoms with Crippen molar-refractivity contribution in [2.24, 2.45) is 5.41 Å². The summed E-state index contributed by atoms with van der Waals surface area (Å²) < 4.78 is 0. The number of carboxylic acid groups (broad SMARTS) is 1. The monoisotopic (exact) mass is 256 g/mol. The van der Waals surface area contributed by atoms with Gasteiger partial charge in [0.05, 0.1) is 5.41 Å². The minimum absolute atomic E-state index is 0.0379. The van der Waals surface area contributed by atoms with Crippen LogP contribution in [-0.2, 0) is 4.79 Å². The Balaban J connectivity index is 2.77. The fourth-order valence-corrected chi connectivity index (χ4v) is 2.55. The van der Waals surface area contributed by atoms with Gasteiger partial charge in [0.25, 0.3) is 0 Å². The second kappa shape index (κ2) is 5.59. The van der Waals surface area contributed by atoms with Gasteiger partial charge in [0.15, 0.2) is 0 Å². The van der Waals surface area contributed by atoms with Gasteiger partial charge in [0.1, 0.15) is 0 Å². The second-order valence-corrected chi connectivity index (χ2v) is 5.27. The Hall–Kier alpha value is -1.26. The smallest absolute Gasteiger partial charge is 0.320 e. The molecule has 2 amide bonds. The number of rotatable bonds is 4. The van der Waals surface area contributed by atoms with Gasteiger partial charge in [0.2, 0.25) is 0 Å². The number of nitrogens with zero attached hydrogens (tertiary/aromatic N) is 2. The van der Waals surface area contributed by atoms with Crippen molar-refractivity contribution in [1.29, 1.82) is 0 Å². The number of carboxylic acids is 1. The summed E-state index contributed by atoms with van der Waals surface area (Å²) in [5.41, 5.74) is -0.744. The minimum atomic E-state index is -0.784. The van der Waals surface area contributed by atoms with Crippen LogP contribution in [-0.4, -0.2) is 52.6 Å². The van der Waals surface area contributed by atoms with Crippen molar-refractivity contribution >= 4 is 12.0 Å². The van der Waals surface area contributed by atoms with Gasteiger partial charge in [-0.25, -0.2) is 4.79 Å². The lowest BCUT2D eigenvalue weighted by Crippen LogP contribution is -2.46. The molecule has 1 rings (SSSR count). The van der Waals surface area contributed by atoms with Crippen LogP contribution in [0.4, 0.5) is 4.79 Å². The van der Waals surface area contributed by atoms with Crippen LogP contribution in [0.1, 0.15) is 40.5 Å². The van der Waals surface area contributed by atoms with Crippen LogP contribution in [0.15, 0.2) is 0 Å². The molecule has 0 radical (unpaired) electrons. The fourth-order valence-electron chi connectivity index (χ4n) is 2.55. The molecule has 1 unspecified atom stereocenters. The molecule has 0 spiro atoms. The number of carbonyl (C=O) groups excluding carboxylic acids is 1. The fraction of sp³-hybridized carbons (Fsp3) is 0.846. The van der Waals surface area contributed by atoms with Crippen LogP contribution in [0.2, 0.25) is 0 Å². The number of hydrogen-bond acceptors (Lipinski definition) is 2. The summed E-state index contributed by atoms with van der Waals surface area (Å²) in [5.74, 6) is -0.784. The Morgan fingerprint density at radius 3 is 2.33 bits per heavy atom. The van der Waals surface area contributed by atoms with E-state index in [1.165, 1.54) is 0 Å². The summed E-state index contributed by atoms with van der Waals surface area (Å²) in [6.45, 7) is 9.30. The number of carbonyl (C=O) groups is 2. The summed E-state index contributed by atoms with van der Waals surface area (Å²) in [7, 11) is 0. The molecule has 1 N–H and O–H groups in total. The van der Waals surface area contributed by atoms with Crippen LogP contribution < -0.4 is 0 Å². The van der Waals surface area contributed by atoms with Crippen molar-refractivity contribution in [2.45, 2.75) is 46.6 Å². The van der Waals surface area contributed by atoms with E-state index in [4.69, 9.17) is 0 Å². The highest BCUT2D eigenvalue weighted by Crippen LogP contribution is 2.34. The van der Waals surface area contributed by atoms with Gasteiger partial charge in [0, 0.05) is 25.7 Å². The van der Waals surface area contributed by atoms with E-state index >= 15 is 0 Å². The van der Waals surface area contributed by atoms with E-state index in [0.717, 1.165) is 0 Å². The second-order valence-electron chi connectivity index (χ2n) is 5.27. The minimum Gasteiger partial charge on any atom is -0.481 e. The third kappa shape index (κ3) is 2.60. The predicted molar refractivity (Wildman–Crippen MR) is 69.5 cm³/mol. The Kier molecular flexibility index (Phi) is 4.59. The molecule has 1 aliphatic rings. The molecule has 0 aromatic carbocycles. The van der Waals surface area contributed by atoms with Crippen molar-refractivity contribution in [3.05, 3.63) is 0 Å². The van der Waals surface area contributed by atoms with Crippen LogP contribution in [0.5, 0.6) is 0 Å². The molecular weight excluding hydrogens is 232 g/mol. The van der Waals surface area contributed by atoms with E-state index in [-0.39, 0.29) is 12.1 Å². The zero-order chi connectivity index (χ0) is 13.9. The number of amides is 2. The summed E-state index contributed by atoms with van der Waals surface area (Å²) in [6.07, 6.45) is 1.13. The Morgan fingerprint density at radius 2 is 2.00 bits per heavy atom. The molecule has 0 saturated carbocycles. The molecule has 1 heterocycles. The molecule has 0 aromatic rings. The quantitative estimate of drug-likeness (QED) is 0.837. The van der Waals surface area contributed by atoms with Crippen LogP contribution in [0, 0.1) is 5.41 Å². The third-order valence-electron chi connectivity index (χ3n) is 3.96. The average Bonchev–Trinajstić information content (AvgIpc) is 2.74. The van der Waals surface area contributed by atoms with Gasteiger partial charge < -0.3 is 14.9 Å². The van der Waals surface area contributed by atoms with Crippen molar-refractivity contribution in [2.75, 3.05) is 19.6 Å². The van der Waals surface area contributed by atoms with E-state index in [1.807, 2.05) is 27.7 Å². The first-order chi connectivity index (χ1) is 8.38. The van der Waals surface area contributed by atoms with Gasteiger partial charge in [-0.2, -0.15) is 0 Å². The molecule has 0 aliphatic carbocycles. The number of likely N-dealkylation sites (tertiary alicyclic amines) is 1. The molecule has 5 nitrogen and oxygen atoms in total. The SMILES string of the molecule is CCN(C(=O)N1CCC(CC)(C(=O)O)C1)C(C)C. The molecule has 104 valence electrons. The zero-order valence-electron chi connectivity index (χ0n) is 11.8. The van der Waals surface area contributed by atoms with Gasteiger partial charge >= 0.3 is 12.0 Å². The van der Waals surface area contributed by atoms with Gasteiger partial charge in [-0.1, -0.05) is 6.92 Å². The van der Waals surface area contributed by atoms with E-state index in [1.54, 1.807) is 9.80 Å². The normalized spacial score (nSPS) is 23.5. The molecule has 0 aromatic heterocycles. The maximum absolute atomic E-state index is 12.3. The largest absolute Gasteiger partial charge is 0.481 e. The van der Waals surface area contributed by atoms with Gasteiger partial charge in [-0.05, 0) is 33.6 Å². The summed E-state index contributed by atoms with van der Waals surface area (Å²) in [6, 6.07) is 0.105. The lowest BCUT2D eigenvalue weighted by molar-refractivity contribution is -0.148. The third-order valence-corrected chi connectivity index (χ3v) is 3.96. The maximum atomic E-state index is 12.3. The zero-order valence-corrected chi connectivity index (χ0v) is 11.8. The lowest BCUT2D eigenvalue weighted by atomic mass is 9.84. The van der Waals surface area contributed by atoms with Crippen molar-refractivity contribution in [3.63, 3.8) is 0 Å². The van der Waals surface area contributed by atoms with Crippen LogP contribution in [0.25, 0.3) is 0 Å². The van der Waals surface area contributed by atoms with E-state index < -0.39 is 11.4 Å². The summed E-state index contributed by atoms with van der Waals surface area (Å²) in [4.78, 5) is 27.1. The number of hydrogen-bond donors (Lipinski definition) is 1. The molecule has 18 heavy (non-hydrogen) atoms. The first-order valence-corrected chi connectivity index (χ1v) is 6.67. The van der Waals surface area contributed by atoms with Gasteiger partial charge in [-0.3, -0.25) is 4.79 Å². The topological polar surface area (TPSA) is 60.9 Å². The molecule has 1 saturated heterocycles. The first-order valence-electron chi connectivity index (χ1n) is 6.67. The van der Waals surface area contributed by atoms with Crippen LogP contribution >= 0.6 is 0 Å². The van der Waals surface area contributed by atoms with Gasteiger partial charge in [-0.15, -0.1) is 0 Å². The Labute approximate surface area is 109 Å². The molecule has 0 bridgehead atoms. The average molecular weight is 256 g/mol. The van der Waals surface area contributed by atoms with Crippen molar-refractivity contribution in [1.82, 2.24) is 9.80 Å². The maximum Gasteiger partial charge on any atom is 0.320 e. The Morgan fingerprint density at radius 1 is 1.39 bits per heavy atom. The van der Waals surface area contributed by atoms with Crippen molar-refractivity contribution in [3.8, 4) is 0 Å². The number of aliphatic carboxylic acids is 1. The van der Waals surface area contributed by atoms with Crippen molar-refractivity contribution < 1.29 is 14.7 Å². The molecule has 1 fully saturated rings. The molecule has 1 atom stereocenters. The molecular formula is C13H24N2O3. The van der Waals surface area contributed by atoms with Crippen LogP contribution in [0.3, 0.4) is 0 Å². The van der Waals surface area contributed by atoms with E-state index in [0.29, 0.717) is 32.5 Å². The highest BCUT2D eigenvalue weighted by Gasteiger charge is 2.45.